The van der Waals surface area contributed by atoms with Crippen LogP contribution in [0.25, 0.3) is 0 Å². The van der Waals surface area contributed by atoms with Crippen molar-refractivity contribution in [2.75, 3.05) is 13.7 Å². The third-order valence-electron chi connectivity index (χ3n) is 3.04. The Kier molecular flexibility index (Phi) is 3.64. The lowest BCUT2D eigenvalue weighted by Crippen LogP contribution is -2.59. The Labute approximate surface area is 98.8 Å². The van der Waals surface area contributed by atoms with Crippen LogP contribution in [0.2, 0.25) is 0 Å². The summed E-state index contributed by atoms with van der Waals surface area (Å²) in [6.45, 7) is 1.83. The number of hydrogen-bond donors (Lipinski definition) is 2. The summed E-state index contributed by atoms with van der Waals surface area (Å²) in [5.74, 6) is -0.510. The Morgan fingerprint density at radius 3 is 2.94 bits per heavy atom. The average molecular weight is 247 g/mol. The second kappa shape index (κ2) is 4.87. The van der Waals surface area contributed by atoms with Crippen molar-refractivity contribution in [3.8, 4) is 0 Å². The van der Waals surface area contributed by atoms with Gasteiger partial charge in [-0.3, -0.25) is 0 Å². The molecule has 0 aromatic heterocycles. The van der Waals surface area contributed by atoms with E-state index in [1.165, 1.54) is 7.11 Å². The number of esters is 1. The van der Waals surface area contributed by atoms with Crippen molar-refractivity contribution >= 4 is 5.97 Å². The predicted molar refractivity (Wildman–Crippen MR) is 54.9 cm³/mol. The van der Waals surface area contributed by atoms with Gasteiger partial charge < -0.3 is 29.8 Å². The predicted octanol–water partition coefficient (Wildman–Crippen LogP) is -1.62. The first-order chi connectivity index (χ1) is 8.04. The maximum atomic E-state index is 11.2. The van der Waals surface area contributed by atoms with Crippen LogP contribution < -0.4 is 5.73 Å². The van der Waals surface area contributed by atoms with Gasteiger partial charge in [-0.2, -0.15) is 0 Å². The third-order valence-corrected chi connectivity index (χ3v) is 3.04. The molecule has 0 radical (unpaired) electrons. The van der Waals surface area contributed by atoms with E-state index in [4.69, 9.17) is 19.9 Å². The van der Waals surface area contributed by atoms with Crippen LogP contribution in [0.4, 0.5) is 0 Å². The molecule has 0 spiro atoms. The van der Waals surface area contributed by atoms with Gasteiger partial charge in [0.15, 0.2) is 12.4 Å². The van der Waals surface area contributed by atoms with Crippen LogP contribution in [0.15, 0.2) is 0 Å². The first-order valence-corrected chi connectivity index (χ1v) is 5.48. The van der Waals surface area contributed by atoms with E-state index in [1.54, 1.807) is 6.92 Å². The minimum Gasteiger partial charge on any atom is -0.467 e. The van der Waals surface area contributed by atoms with Gasteiger partial charge in [0, 0.05) is 0 Å². The molecule has 0 saturated carbocycles. The highest BCUT2D eigenvalue weighted by Gasteiger charge is 2.50. The molecule has 0 amide bonds. The van der Waals surface area contributed by atoms with Gasteiger partial charge in [-0.25, -0.2) is 4.79 Å². The molecule has 0 aromatic rings. The third kappa shape index (κ3) is 2.29. The van der Waals surface area contributed by atoms with Gasteiger partial charge in [0.2, 0.25) is 0 Å². The van der Waals surface area contributed by atoms with E-state index in [9.17, 15) is 9.90 Å². The number of aliphatic hydroxyl groups is 1. The molecule has 2 heterocycles. The lowest BCUT2D eigenvalue weighted by atomic mass is 9.99. The molecule has 0 aliphatic carbocycles. The van der Waals surface area contributed by atoms with Crippen molar-refractivity contribution in [1.82, 2.24) is 0 Å². The summed E-state index contributed by atoms with van der Waals surface area (Å²) in [4.78, 5) is 11.2. The summed E-state index contributed by atoms with van der Waals surface area (Å²) >= 11 is 0. The highest BCUT2D eigenvalue weighted by atomic mass is 16.7. The van der Waals surface area contributed by atoms with Crippen LogP contribution in [-0.2, 0) is 23.7 Å². The van der Waals surface area contributed by atoms with E-state index in [2.05, 4.69) is 4.74 Å². The molecule has 7 nitrogen and oxygen atoms in total. The Hall–Kier alpha value is -0.730. The second-order valence-corrected chi connectivity index (χ2v) is 4.21. The molecular weight excluding hydrogens is 230 g/mol. The lowest BCUT2D eigenvalue weighted by Gasteiger charge is -2.37. The molecule has 6 unspecified atom stereocenters. The van der Waals surface area contributed by atoms with Crippen molar-refractivity contribution in [1.29, 1.82) is 0 Å². The SMILES string of the molecule is COC(=O)C(C)OC1C(N)C2OCC(O2)C1O. The number of hydrogen-bond acceptors (Lipinski definition) is 7. The van der Waals surface area contributed by atoms with Gasteiger partial charge in [-0.05, 0) is 6.92 Å². The van der Waals surface area contributed by atoms with E-state index in [-0.39, 0.29) is 6.61 Å². The first kappa shape index (κ1) is 12.7. The molecule has 2 fully saturated rings. The zero-order valence-electron chi connectivity index (χ0n) is 9.74. The maximum Gasteiger partial charge on any atom is 0.334 e. The second-order valence-electron chi connectivity index (χ2n) is 4.21. The number of carbonyl (C=O) groups is 1. The van der Waals surface area contributed by atoms with Crippen molar-refractivity contribution in [2.24, 2.45) is 5.73 Å². The van der Waals surface area contributed by atoms with Gasteiger partial charge in [-0.1, -0.05) is 0 Å². The first-order valence-electron chi connectivity index (χ1n) is 5.48. The van der Waals surface area contributed by atoms with Crippen LogP contribution in [-0.4, -0.2) is 61.5 Å². The number of nitrogens with two attached hydrogens (primary N) is 1. The molecule has 17 heavy (non-hydrogen) atoms. The largest absolute Gasteiger partial charge is 0.467 e. The number of carbonyl (C=O) groups excluding carboxylic acids is 1. The van der Waals surface area contributed by atoms with Crippen LogP contribution in [0.3, 0.4) is 0 Å². The molecule has 2 saturated heterocycles. The minimum absolute atomic E-state index is 0.284. The molecular formula is C10H17NO6. The zero-order valence-corrected chi connectivity index (χ0v) is 9.74. The molecule has 0 aromatic carbocycles. The van der Waals surface area contributed by atoms with Gasteiger partial charge in [0.25, 0.3) is 0 Å². The molecule has 98 valence electrons. The highest BCUT2D eigenvalue weighted by Crippen LogP contribution is 2.29. The van der Waals surface area contributed by atoms with Crippen molar-refractivity contribution in [3.05, 3.63) is 0 Å². The lowest BCUT2D eigenvalue weighted by molar-refractivity contribution is -0.208. The summed E-state index contributed by atoms with van der Waals surface area (Å²) in [5, 5.41) is 9.97. The molecule has 2 aliphatic heterocycles. The van der Waals surface area contributed by atoms with Gasteiger partial charge >= 0.3 is 5.97 Å². The fourth-order valence-electron chi connectivity index (χ4n) is 2.04. The fraction of sp³-hybridized carbons (Fsp3) is 0.900. The summed E-state index contributed by atoms with van der Waals surface area (Å²) in [7, 11) is 1.27. The van der Waals surface area contributed by atoms with Crippen molar-refractivity contribution in [3.63, 3.8) is 0 Å². The Morgan fingerprint density at radius 2 is 2.29 bits per heavy atom. The van der Waals surface area contributed by atoms with E-state index < -0.39 is 42.7 Å². The Bertz CT molecular complexity index is 283. The highest BCUT2D eigenvalue weighted by molar-refractivity contribution is 5.74. The van der Waals surface area contributed by atoms with Crippen molar-refractivity contribution < 1.29 is 28.8 Å². The topological polar surface area (TPSA) is 100 Å². The van der Waals surface area contributed by atoms with Crippen LogP contribution in [0.1, 0.15) is 6.92 Å². The summed E-state index contributed by atoms with van der Waals surface area (Å²) in [6, 6.07) is -0.629. The maximum absolute atomic E-state index is 11.2. The minimum atomic E-state index is -0.907. The summed E-state index contributed by atoms with van der Waals surface area (Å²) < 4.78 is 20.6. The molecule has 2 bridgehead atoms. The van der Waals surface area contributed by atoms with E-state index in [0.29, 0.717) is 0 Å². The van der Waals surface area contributed by atoms with Crippen LogP contribution in [0, 0.1) is 0 Å². The number of rotatable bonds is 3. The van der Waals surface area contributed by atoms with E-state index in [0.717, 1.165) is 0 Å². The monoisotopic (exact) mass is 247 g/mol. The summed E-state index contributed by atoms with van der Waals surface area (Å²) in [6.07, 6.45) is -3.43. The quantitative estimate of drug-likeness (QED) is 0.578. The van der Waals surface area contributed by atoms with Crippen LogP contribution in [0.5, 0.6) is 0 Å². The normalized spacial score (nSPS) is 42.2. The molecule has 2 rings (SSSR count). The Balaban J connectivity index is 2.02. The number of aliphatic hydroxyl groups excluding tert-OH is 1. The number of fused-ring (bicyclic) bond motifs is 2. The van der Waals surface area contributed by atoms with E-state index in [1.807, 2.05) is 0 Å². The van der Waals surface area contributed by atoms with Crippen molar-refractivity contribution in [2.45, 2.75) is 43.7 Å². The average Bonchev–Trinajstić information content (AvgIpc) is 2.78. The van der Waals surface area contributed by atoms with E-state index >= 15 is 0 Å². The molecule has 2 aliphatic rings. The zero-order chi connectivity index (χ0) is 12.6. The van der Waals surface area contributed by atoms with Crippen LogP contribution >= 0.6 is 0 Å². The van der Waals surface area contributed by atoms with Gasteiger partial charge in [-0.15, -0.1) is 0 Å². The fourth-order valence-corrected chi connectivity index (χ4v) is 2.04. The standard InChI is InChI=1S/C10H17NO6/c1-4(9(13)14-2)16-8-6(11)10-15-3-5(17-10)7(8)12/h4-8,10,12H,3,11H2,1-2H3. The molecule has 6 atom stereocenters. The smallest absolute Gasteiger partial charge is 0.334 e. The Morgan fingerprint density at radius 1 is 1.59 bits per heavy atom. The molecule has 3 N–H and O–H groups in total. The van der Waals surface area contributed by atoms with Gasteiger partial charge in [0.05, 0.1) is 19.8 Å². The van der Waals surface area contributed by atoms with Gasteiger partial charge in [0.1, 0.15) is 18.3 Å². The number of ether oxygens (including phenoxy) is 4. The molecule has 7 heteroatoms. The summed E-state index contributed by atoms with van der Waals surface area (Å²) in [5.41, 5.74) is 5.85. The number of methoxy groups -OCH3 is 1.